The Morgan fingerprint density at radius 1 is 1.12 bits per heavy atom. The number of rotatable bonds is 8. The third kappa shape index (κ3) is 6.47. The SMILES string of the molecule is COC(=O)c1ccccc1NC(=O)N(C)C[C@H]1CCCN(CCc2ccc(OC)cc2)C1. The topological polar surface area (TPSA) is 71.1 Å². The van der Waals surface area contributed by atoms with Gasteiger partial charge in [-0.05, 0) is 61.6 Å². The lowest BCUT2D eigenvalue weighted by Gasteiger charge is -2.34. The molecule has 0 aromatic heterocycles. The number of hydrogen-bond donors (Lipinski definition) is 1. The van der Waals surface area contributed by atoms with Gasteiger partial charge >= 0.3 is 12.0 Å². The van der Waals surface area contributed by atoms with Crippen LogP contribution >= 0.6 is 0 Å². The lowest BCUT2D eigenvalue weighted by Crippen LogP contribution is -2.43. The van der Waals surface area contributed by atoms with Crippen LogP contribution < -0.4 is 10.1 Å². The van der Waals surface area contributed by atoms with E-state index in [0.29, 0.717) is 23.7 Å². The second kappa shape index (κ2) is 11.5. The van der Waals surface area contributed by atoms with E-state index in [9.17, 15) is 9.59 Å². The molecule has 1 saturated heterocycles. The first-order valence-corrected chi connectivity index (χ1v) is 11.0. The Bertz CT molecular complexity index is 900. The predicted molar refractivity (Wildman–Crippen MR) is 125 cm³/mol. The summed E-state index contributed by atoms with van der Waals surface area (Å²) in [6.07, 6.45) is 3.24. The van der Waals surface area contributed by atoms with Gasteiger partial charge < -0.3 is 24.6 Å². The number of amides is 2. The number of benzene rings is 2. The number of nitrogens with zero attached hydrogens (tertiary/aromatic N) is 2. The Balaban J connectivity index is 1.49. The monoisotopic (exact) mass is 439 g/mol. The molecule has 7 nitrogen and oxygen atoms in total. The Kier molecular flexibility index (Phi) is 8.50. The Morgan fingerprint density at radius 2 is 1.88 bits per heavy atom. The Labute approximate surface area is 190 Å². The van der Waals surface area contributed by atoms with Gasteiger partial charge in [0.15, 0.2) is 0 Å². The first-order valence-electron chi connectivity index (χ1n) is 11.0. The van der Waals surface area contributed by atoms with Crippen LogP contribution in [0.15, 0.2) is 48.5 Å². The number of anilines is 1. The van der Waals surface area contributed by atoms with Gasteiger partial charge in [-0.25, -0.2) is 9.59 Å². The number of likely N-dealkylation sites (tertiary alicyclic amines) is 1. The van der Waals surface area contributed by atoms with Crippen molar-refractivity contribution in [3.63, 3.8) is 0 Å². The van der Waals surface area contributed by atoms with Gasteiger partial charge in [0, 0.05) is 26.7 Å². The highest BCUT2D eigenvalue weighted by atomic mass is 16.5. The molecule has 2 amide bonds. The van der Waals surface area contributed by atoms with Gasteiger partial charge in [0.05, 0.1) is 25.5 Å². The maximum absolute atomic E-state index is 12.7. The summed E-state index contributed by atoms with van der Waals surface area (Å²) in [5.41, 5.74) is 2.11. The van der Waals surface area contributed by atoms with Crippen LogP contribution in [0.3, 0.4) is 0 Å². The average molecular weight is 440 g/mol. The zero-order chi connectivity index (χ0) is 22.9. The summed E-state index contributed by atoms with van der Waals surface area (Å²) in [7, 11) is 4.81. The lowest BCUT2D eigenvalue weighted by molar-refractivity contribution is 0.0602. The summed E-state index contributed by atoms with van der Waals surface area (Å²) in [4.78, 5) is 28.9. The zero-order valence-electron chi connectivity index (χ0n) is 19.2. The molecule has 1 aliphatic heterocycles. The molecule has 7 heteroatoms. The summed E-state index contributed by atoms with van der Waals surface area (Å²) in [5, 5.41) is 2.84. The van der Waals surface area contributed by atoms with Crippen molar-refractivity contribution in [3.05, 3.63) is 59.7 Å². The van der Waals surface area contributed by atoms with Crippen molar-refractivity contribution in [1.82, 2.24) is 9.80 Å². The molecule has 32 heavy (non-hydrogen) atoms. The van der Waals surface area contributed by atoms with Crippen molar-refractivity contribution in [3.8, 4) is 5.75 Å². The number of carbonyl (C=O) groups excluding carboxylic acids is 2. The number of hydrogen-bond acceptors (Lipinski definition) is 5. The van der Waals surface area contributed by atoms with Gasteiger partial charge in [-0.15, -0.1) is 0 Å². The highest BCUT2D eigenvalue weighted by molar-refractivity contribution is 6.00. The molecule has 1 aliphatic rings. The van der Waals surface area contributed by atoms with Crippen LogP contribution in [0.25, 0.3) is 0 Å². The maximum atomic E-state index is 12.7. The van der Waals surface area contributed by atoms with E-state index in [2.05, 4.69) is 22.3 Å². The highest BCUT2D eigenvalue weighted by Crippen LogP contribution is 2.20. The highest BCUT2D eigenvalue weighted by Gasteiger charge is 2.23. The van der Waals surface area contributed by atoms with E-state index in [0.717, 1.165) is 44.6 Å². The van der Waals surface area contributed by atoms with E-state index in [1.54, 1.807) is 43.3 Å². The number of urea groups is 1. The van der Waals surface area contributed by atoms with E-state index in [4.69, 9.17) is 9.47 Å². The number of para-hydroxylation sites is 1. The molecule has 0 saturated carbocycles. The average Bonchev–Trinajstić information content (AvgIpc) is 2.83. The van der Waals surface area contributed by atoms with Crippen molar-refractivity contribution in [2.75, 3.05) is 52.8 Å². The summed E-state index contributed by atoms with van der Waals surface area (Å²) in [5.74, 6) is 0.830. The van der Waals surface area contributed by atoms with Crippen LogP contribution in [-0.4, -0.2) is 69.2 Å². The number of esters is 1. The first kappa shape index (κ1) is 23.6. The van der Waals surface area contributed by atoms with Gasteiger partial charge in [-0.3, -0.25) is 0 Å². The molecule has 0 radical (unpaired) electrons. The van der Waals surface area contributed by atoms with Gasteiger partial charge in [0.1, 0.15) is 5.75 Å². The molecule has 3 rings (SSSR count). The van der Waals surface area contributed by atoms with Crippen molar-refractivity contribution < 1.29 is 19.1 Å². The van der Waals surface area contributed by atoms with E-state index in [1.165, 1.54) is 12.7 Å². The largest absolute Gasteiger partial charge is 0.497 e. The summed E-state index contributed by atoms with van der Waals surface area (Å²) >= 11 is 0. The molecule has 0 unspecified atom stereocenters. The molecule has 172 valence electrons. The summed E-state index contributed by atoms with van der Waals surface area (Å²) in [6, 6.07) is 14.9. The van der Waals surface area contributed by atoms with Crippen molar-refractivity contribution >= 4 is 17.7 Å². The van der Waals surface area contributed by atoms with E-state index < -0.39 is 5.97 Å². The fraction of sp³-hybridized carbons (Fsp3) is 0.440. The van der Waals surface area contributed by atoms with Crippen LogP contribution in [0.1, 0.15) is 28.8 Å². The van der Waals surface area contributed by atoms with Crippen molar-refractivity contribution in [1.29, 1.82) is 0 Å². The molecule has 0 aliphatic carbocycles. The quantitative estimate of drug-likeness (QED) is 0.632. The van der Waals surface area contributed by atoms with Crippen LogP contribution in [-0.2, 0) is 11.2 Å². The second-order valence-corrected chi connectivity index (χ2v) is 8.25. The molecular weight excluding hydrogens is 406 g/mol. The van der Waals surface area contributed by atoms with Gasteiger partial charge in [0.25, 0.3) is 0 Å². The van der Waals surface area contributed by atoms with Gasteiger partial charge in [0.2, 0.25) is 0 Å². The first-order chi connectivity index (χ1) is 15.5. The van der Waals surface area contributed by atoms with E-state index in [-0.39, 0.29) is 6.03 Å². The van der Waals surface area contributed by atoms with Crippen LogP contribution in [0.4, 0.5) is 10.5 Å². The number of methoxy groups -OCH3 is 2. The minimum atomic E-state index is -0.469. The molecule has 2 aromatic rings. The maximum Gasteiger partial charge on any atom is 0.339 e. The molecule has 1 fully saturated rings. The Hall–Kier alpha value is -3.06. The van der Waals surface area contributed by atoms with Crippen molar-refractivity contribution in [2.24, 2.45) is 5.92 Å². The lowest BCUT2D eigenvalue weighted by atomic mass is 9.97. The molecule has 1 N–H and O–H groups in total. The van der Waals surface area contributed by atoms with E-state index >= 15 is 0 Å². The minimum absolute atomic E-state index is 0.225. The standard InChI is InChI=1S/C25H33N3O4/c1-27(25(30)26-23-9-5-4-8-22(23)24(29)32-3)17-20-7-6-15-28(18-20)16-14-19-10-12-21(31-2)13-11-19/h4-5,8-13,20H,6-7,14-18H2,1-3H3,(H,26,30)/t20-/m1/s1. The Morgan fingerprint density at radius 3 is 2.59 bits per heavy atom. The molecule has 0 bridgehead atoms. The van der Waals surface area contributed by atoms with Crippen molar-refractivity contribution in [2.45, 2.75) is 19.3 Å². The normalized spacial score (nSPS) is 16.3. The molecule has 1 heterocycles. The summed E-state index contributed by atoms with van der Waals surface area (Å²) < 4.78 is 10.0. The number of piperidine rings is 1. The number of ether oxygens (including phenoxy) is 2. The van der Waals surface area contributed by atoms with E-state index in [1.807, 2.05) is 12.1 Å². The van der Waals surface area contributed by atoms with Crippen LogP contribution in [0.5, 0.6) is 5.75 Å². The fourth-order valence-electron chi connectivity index (χ4n) is 4.14. The minimum Gasteiger partial charge on any atom is -0.497 e. The smallest absolute Gasteiger partial charge is 0.339 e. The second-order valence-electron chi connectivity index (χ2n) is 8.25. The number of nitrogens with one attached hydrogen (secondary N) is 1. The van der Waals surface area contributed by atoms with Crippen LogP contribution in [0, 0.1) is 5.92 Å². The van der Waals surface area contributed by atoms with Crippen LogP contribution in [0.2, 0.25) is 0 Å². The predicted octanol–water partition coefficient (Wildman–Crippen LogP) is 3.90. The number of carbonyl (C=O) groups is 2. The third-order valence-electron chi connectivity index (χ3n) is 5.93. The molecule has 0 spiro atoms. The molecule has 2 aromatic carbocycles. The zero-order valence-corrected chi connectivity index (χ0v) is 19.2. The third-order valence-corrected chi connectivity index (χ3v) is 5.93. The van der Waals surface area contributed by atoms with Gasteiger partial charge in [-0.1, -0.05) is 24.3 Å². The van der Waals surface area contributed by atoms with Gasteiger partial charge in [-0.2, -0.15) is 0 Å². The summed E-state index contributed by atoms with van der Waals surface area (Å²) in [6.45, 7) is 3.75. The molecular formula is C25H33N3O4. The fourth-order valence-corrected chi connectivity index (χ4v) is 4.14. The molecule has 1 atom stereocenters.